The Labute approximate surface area is 123 Å². The van der Waals surface area contributed by atoms with Crippen LogP contribution in [0.1, 0.15) is 18.0 Å². The highest BCUT2D eigenvalue weighted by atomic mass is 79.9. The average molecular weight is 344 g/mol. The van der Waals surface area contributed by atoms with Crippen molar-refractivity contribution < 1.29 is 13.2 Å². The van der Waals surface area contributed by atoms with Crippen molar-refractivity contribution in [2.75, 3.05) is 5.32 Å². The van der Waals surface area contributed by atoms with E-state index in [0.29, 0.717) is 11.3 Å². The van der Waals surface area contributed by atoms with Crippen LogP contribution in [-0.2, 0) is 0 Å². The molecular formula is C15H13BrF3N. The SMILES string of the molecule is FC(F)(F)CC(Nc1ccc(Br)cc1)c1ccccc1. The molecule has 0 aromatic heterocycles. The number of anilines is 1. The lowest BCUT2D eigenvalue weighted by molar-refractivity contribution is -0.137. The Bertz CT molecular complexity index is 537. The fourth-order valence-electron chi connectivity index (χ4n) is 1.92. The molecule has 0 aliphatic carbocycles. The highest BCUT2D eigenvalue weighted by Crippen LogP contribution is 2.32. The number of nitrogens with one attached hydrogen (secondary N) is 1. The van der Waals surface area contributed by atoms with Crippen LogP contribution < -0.4 is 5.32 Å². The van der Waals surface area contributed by atoms with E-state index in [-0.39, 0.29) is 0 Å². The van der Waals surface area contributed by atoms with Gasteiger partial charge in [-0.3, -0.25) is 0 Å². The molecule has 1 unspecified atom stereocenters. The van der Waals surface area contributed by atoms with Gasteiger partial charge in [-0.1, -0.05) is 46.3 Å². The highest BCUT2D eigenvalue weighted by molar-refractivity contribution is 9.10. The summed E-state index contributed by atoms with van der Waals surface area (Å²) in [6, 6.07) is 14.9. The standard InChI is InChI=1S/C15H13BrF3N/c16-12-6-8-13(9-7-12)20-14(10-15(17,18)19)11-4-2-1-3-5-11/h1-9,14,20H,10H2. The average Bonchev–Trinajstić information content (AvgIpc) is 2.40. The quantitative estimate of drug-likeness (QED) is 0.766. The topological polar surface area (TPSA) is 12.0 Å². The highest BCUT2D eigenvalue weighted by Gasteiger charge is 2.32. The fraction of sp³-hybridized carbons (Fsp3) is 0.200. The van der Waals surface area contributed by atoms with Crippen molar-refractivity contribution in [3.63, 3.8) is 0 Å². The van der Waals surface area contributed by atoms with Crippen LogP contribution in [0.15, 0.2) is 59.1 Å². The first-order chi connectivity index (χ1) is 9.44. The van der Waals surface area contributed by atoms with Gasteiger partial charge in [-0.25, -0.2) is 0 Å². The van der Waals surface area contributed by atoms with Gasteiger partial charge in [-0.2, -0.15) is 13.2 Å². The third-order valence-corrected chi connectivity index (χ3v) is 3.35. The van der Waals surface area contributed by atoms with Crippen molar-refractivity contribution in [2.45, 2.75) is 18.6 Å². The summed E-state index contributed by atoms with van der Waals surface area (Å²) in [7, 11) is 0. The Morgan fingerprint density at radius 3 is 2.10 bits per heavy atom. The molecule has 2 aromatic rings. The van der Waals surface area contributed by atoms with Crippen LogP contribution in [0.2, 0.25) is 0 Å². The van der Waals surface area contributed by atoms with Gasteiger partial charge in [-0.15, -0.1) is 0 Å². The molecule has 2 rings (SSSR count). The molecule has 0 saturated carbocycles. The van der Waals surface area contributed by atoms with Crippen molar-refractivity contribution in [3.05, 3.63) is 64.6 Å². The molecule has 0 saturated heterocycles. The van der Waals surface area contributed by atoms with Crippen molar-refractivity contribution in [3.8, 4) is 0 Å². The summed E-state index contributed by atoms with van der Waals surface area (Å²) >= 11 is 3.30. The van der Waals surface area contributed by atoms with Crippen LogP contribution >= 0.6 is 15.9 Å². The van der Waals surface area contributed by atoms with Gasteiger partial charge in [0, 0.05) is 10.2 Å². The fourth-order valence-corrected chi connectivity index (χ4v) is 2.18. The molecule has 0 aliphatic heterocycles. The maximum absolute atomic E-state index is 12.7. The van der Waals surface area contributed by atoms with E-state index in [1.807, 2.05) is 0 Å². The molecule has 1 atom stereocenters. The minimum absolute atomic E-state index is 0.618. The molecular weight excluding hydrogens is 331 g/mol. The van der Waals surface area contributed by atoms with E-state index in [4.69, 9.17) is 0 Å². The normalized spacial score (nSPS) is 13.0. The number of halogens is 4. The first-order valence-corrected chi connectivity index (χ1v) is 6.87. The second-order valence-electron chi connectivity index (χ2n) is 4.43. The minimum atomic E-state index is -4.22. The van der Waals surface area contributed by atoms with Crippen LogP contribution in [0.3, 0.4) is 0 Å². The van der Waals surface area contributed by atoms with E-state index < -0.39 is 18.6 Å². The number of hydrogen-bond acceptors (Lipinski definition) is 1. The van der Waals surface area contributed by atoms with Gasteiger partial charge in [0.05, 0.1) is 12.5 Å². The summed E-state index contributed by atoms with van der Waals surface area (Å²) in [6.45, 7) is 0. The number of benzene rings is 2. The van der Waals surface area contributed by atoms with Crippen LogP contribution in [0.4, 0.5) is 18.9 Å². The smallest absolute Gasteiger partial charge is 0.378 e. The van der Waals surface area contributed by atoms with Crippen molar-refractivity contribution >= 4 is 21.6 Å². The van der Waals surface area contributed by atoms with Crippen LogP contribution in [0.5, 0.6) is 0 Å². The lowest BCUT2D eigenvalue weighted by Gasteiger charge is -2.22. The monoisotopic (exact) mass is 343 g/mol. The molecule has 0 heterocycles. The van der Waals surface area contributed by atoms with Crippen LogP contribution in [0.25, 0.3) is 0 Å². The van der Waals surface area contributed by atoms with Crippen molar-refractivity contribution in [2.24, 2.45) is 0 Å². The molecule has 0 spiro atoms. The maximum atomic E-state index is 12.7. The second kappa shape index (κ2) is 6.31. The van der Waals surface area contributed by atoms with Gasteiger partial charge in [0.25, 0.3) is 0 Å². The Kier molecular flexibility index (Phi) is 4.70. The molecule has 0 bridgehead atoms. The van der Waals surface area contributed by atoms with Crippen LogP contribution in [0, 0.1) is 0 Å². The van der Waals surface area contributed by atoms with Gasteiger partial charge in [0.15, 0.2) is 0 Å². The molecule has 0 amide bonds. The maximum Gasteiger partial charge on any atom is 0.391 e. The zero-order valence-electron chi connectivity index (χ0n) is 10.5. The Morgan fingerprint density at radius 2 is 1.55 bits per heavy atom. The molecule has 0 aliphatic rings. The third-order valence-electron chi connectivity index (χ3n) is 2.82. The number of alkyl halides is 3. The van der Waals surface area contributed by atoms with E-state index in [9.17, 15) is 13.2 Å². The van der Waals surface area contributed by atoms with Gasteiger partial charge in [-0.05, 0) is 29.8 Å². The molecule has 1 nitrogen and oxygen atoms in total. The third kappa shape index (κ3) is 4.56. The Hall–Kier alpha value is -1.49. The predicted octanol–water partition coefficient (Wildman–Crippen LogP) is 5.55. The molecule has 1 N–H and O–H groups in total. The van der Waals surface area contributed by atoms with E-state index in [2.05, 4.69) is 21.2 Å². The van der Waals surface area contributed by atoms with E-state index in [1.165, 1.54) is 0 Å². The summed E-state index contributed by atoms with van der Waals surface area (Å²) in [5.74, 6) is 0. The molecule has 0 radical (unpaired) electrons. The summed E-state index contributed by atoms with van der Waals surface area (Å²) in [4.78, 5) is 0. The molecule has 5 heteroatoms. The first-order valence-electron chi connectivity index (χ1n) is 6.08. The molecule has 20 heavy (non-hydrogen) atoms. The second-order valence-corrected chi connectivity index (χ2v) is 5.35. The lowest BCUT2D eigenvalue weighted by Crippen LogP contribution is -2.20. The molecule has 0 fully saturated rings. The van der Waals surface area contributed by atoms with Gasteiger partial charge < -0.3 is 5.32 Å². The Morgan fingerprint density at radius 1 is 0.950 bits per heavy atom. The van der Waals surface area contributed by atoms with Crippen molar-refractivity contribution in [1.82, 2.24) is 0 Å². The van der Waals surface area contributed by atoms with Gasteiger partial charge >= 0.3 is 6.18 Å². The first kappa shape index (κ1) is 14.9. The molecule has 106 valence electrons. The van der Waals surface area contributed by atoms with Crippen molar-refractivity contribution in [1.29, 1.82) is 0 Å². The zero-order chi connectivity index (χ0) is 14.6. The van der Waals surface area contributed by atoms with Gasteiger partial charge in [0.2, 0.25) is 0 Å². The zero-order valence-corrected chi connectivity index (χ0v) is 12.1. The summed E-state index contributed by atoms with van der Waals surface area (Å²) in [5.41, 5.74) is 1.28. The van der Waals surface area contributed by atoms with E-state index >= 15 is 0 Å². The number of rotatable bonds is 4. The Balaban J connectivity index is 2.20. The largest absolute Gasteiger partial charge is 0.391 e. The predicted molar refractivity (Wildman–Crippen MR) is 77.6 cm³/mol. The summed E-state index contributed by atoms with van der Waals surface area (Å²) in [6.07, 6.45) is -5.13. The summed E-state index contributed by atoms with van der Waals surface area (Å²) in [5, 5.41) is 2.94. The summed E-state index contributed by atoms with van der Waals surface area (Å²) < 4.78 is 39.0. The lowest BCUT2D eigenvalue weighted by atomic mass is 10.0. The van der Waals surface area contributed by atoms with E-state index in [0.717, 1.165) is 4.47 Å². The van der Waals surface area contributed by atoms with Crippen LogP contribution in [-0.4, -0.2) is 6.18 Å². The van der Waals surface area contributed by atoms with Gasteiger partial charge in [0.1, 0.15) is 0 Å². The minimum Gasteiger partial charge on any atom is -0.378 e. The van der Waals surface area contributed by atoms with E-state index in [1.54, 1.807) is 54.6 Å². The molecule has 2 aromatic carbocycles. The number of hydrogen-bond donors (Lipinski definition) is 1.